The Balaban J connectivity index is 2.05. The van der Waals surface area contributed by atoms with Crippen LogP contribution in [0.4, 0.5) is 0 Å². The van der Waals surface area contributed by atoms with E-state index in [0.29, 0.717) is 12.2 Å². The molecule has 0 unspecified atom stereocenters. The molecule has 1 rings (SSSR count). The van der Waals surface area contributed by atoms with E-state index in [-0.39, 0.29) is 5.97 Å². The zero-order chi connectivity index (χ0) is 11.8. The Morgan fingerprint density at radius 3 is 2.44 bits per heavy atom. The van der Waals surface area contributed by atoms with Crippen molar-refractivity contribution in [1.82, 2.24) is 0 Å². The van der Waals surface area contributed by atoms with Crippen LogP contribution >= 0.6 is 0 Å². The molecule has 92 valence electrons. The fourth-order valence-corrected chi connectivity index (χ4v) is 2.31. The summed E-state index contributed by atoms with van der Waals surface area (Å²) in [4.78, 5) is 11.1. The molecule has 2 heteroatoms. The van der Waals surface area contributed by atoms with Crippen LogP contribution in [0, 0.1) is 5.92 Å². The van der Waals surface area contributed by atoms with E-state index in [4.69, 9.17) is 4.74 Å². The minimum absolute atomic E-state index is 0.249. The molecule has 0 aromatic rings. The summed E-state index contributed by atoms with van der Waals surface area (Å²) in [6.07, 6.45) is 10.5. The van der Waals surface area contributed by atoms with Gasteiger partial charge in [-0.1, -0.05) is 45.1 Å². The minimum Gasteiger partial charge on any atom is -0.462 e. The van der Waals surface area contributed by atoms with Crippen molar-refractivity contribution in [3.8, 4) is 0 Å². The standard InChI is InChI=1S/C14H24O2/c1-12(2)14(15)16-11-7-10-13-8-5-3-4-6-9-13/h13H,1,3-11H2,2H3. The first kappa shape index (κ1) is 13.3. The Kier molecular flexibility index (Phi) is 6.20. The first-order valence-corrected chi connectivity index (χ1v) is 6.53. The van der Waals surface area contributed by atoms with Gasteiger partial charge in [0.2, 0.25) is 0 Å². The van der Waals surface area contributed by atoms with E-state index in [1.807, 2.05) is 0 Å². The minimum atomic E-state index is -0.249. The van der Waals surface area contributed by atoms with Gasteiger partial charge in [-0.3, -0.25) is 0 Å². The van der Waals surface area contributed by atoms with E-state index in [1.165, 1.54) is 44.9 Å². The summed E-state index contributed by atoms with van der Waals surface area (Å²) in [5.41, 5.74) is 0.495. The molecule has 0 N–H and O–H groups in total. The van der Waals surface area contributed by atoms with Gasteiger partial charge in [-0.25, -0.2) is 4.79 Å². The van der Waals surface area contributed by atoms with Gasteiger partial charge in [-0.15, -0.1) is 0 Å². The normalized spacial score (nSPS) is 17.8. The number of rotatable bonds is 5. The Morgan fingerprint density at radius 2 is 1.88 bits per heavy atom. The average Bonchev–Trinajstić information content (AvgIpc) is 2.52. The van der Waals surface area contributed by atoms with Gasteiger partial charge in [0.15, 0.2) is 0 Å². The third kappa shape index (κ3) is 5.34. The van der Waals surface area contributed by atoms with Crippen molar-refractivity contribution in [2.75, 3.05) is 6.61 Å². The zero-order valence-corrected chi connectivity index (χ0v) is 10.5. The van der Waals surface area contributed by atoms with E-state index in [1.54, 1.807) is 6.92 Å². The highest BCUT2D eigenvalue weighted by molar-refractivity contribution is 5.86. The Morgan fingerprint density at radius 1 is 1.25 bits per heavy atom. The molecule has 0 aromatic heterocycles. The Bertz CT molecular complexity index is 225. The Labute approximate surface area is 99.1 Å². The smallest absolute Gasteiger partial charge is 0.333 e. The molecule has 0 heterocycles. The summed E-state index contributed by atoms with van der Waals surface area (Å²) in [5.74, 6) is 0.617. The van der Waals surface area contributed by atoms with Crippen LogP contribution in [0.2, 0.25) is 0 Å². The Hall–Kier alpha value is -0.790. The summed E-state index contributed by atoms with van der Waals surface area (Å²) in [6, 6.07) is 0. The van der Waals surface area contributed by atoms with E-state index >= 15 is 0 Å². The molecule has 0 radical (unpaired) electrons. The summed E-state index contributed by atoms with van der Waals surface area (Å²) < 4.78 is 5.09. The molecule has 2 nitrogen and oxygen atoms in total. The fraction of sp³-hybridized carbons (Fsp3) is 0.786. The van der Waals surface area contributed by atoms with Gasteiger partial charge >= 0.3 is 5.97 Å². The van der Waals surface area contributed by atoms with Crippen molar-refractivity contribution in [2.24, 2.45) is 5.92 Å². The van der Waals surface area contributed by atoms with Crippen molar-refractivity contribution in [3.05, 3.63) is 12.2 Å². The molecule has 0 atom stereocenters. The number of ether oxygens (including phenoxy) is 1. The van der Waals surface area contributed by atoms with Crippen LogP contribution in [0.5, 0.6) is 0 Å². The van der Waals surface area contributed by atoms with E-state index in [2.05, 4.69) is 6.58 Å². The summed E-state index contributed by atoms with van der Waals surface area (Å²) in [6.45, 7) is 5.81. The second-order valence-electron chi connectivity index (χ2n) is 4.92. The molecule has 0 bridgehead atoms. The predicted molar refractivity (Wildman–Crippen MR) is 66.2 cm³/mol. The molecule has 0 aromatic carbocycles. The van der Waals surface area contributed by atoms with Crippen molar-refractivity contribution in [3.63, 3.8) is 0 Å². The van der Waals surface area contributed by atoms with Crippen LogP contribution in [-0.4, -0.2) is 12.6 Å². The van der Waals surface area contributed by atoms with Gasteiger partial charge in [-0.05, 0) is 25.7 Å². The van der Waals surface area contributed by atoms with E-state index < -0.39 is 0 Å². The fourth-order valence-electron chi connectivity index (χ4n) is 2.31. The average molecular weight is 224 g/mol. The lowest BCUT2D eigenvalue weighted by Crippen LogP contribution is -2.08. The first-order valence-electron chi connectivity index (χ1n) is 6.53. The summed E-state index contributed by atoms with van der Waals surface area (Å²) in [7, 11) is 0. The maximum absolute atomic E-state index is 11.1. The molecule has 1 aliphatic carbocycles. The molecule has 1 saturated carbocycles. The van der Waals surface area contributed by atoms with Gasteiger partial charge < -0.3 is 4.74 Å². The van der Waals surface area contributed by atoms with Crippen LogP contribution in [0.1, 0.15) is 58.3 Å². The van der Waals surface area contributed by atoms with Gasteiger partial charge in [0.1, 0.15) is 0 Å². The first-order chi connectivity index (χ1) is 7.70. The molecule has 16 heavy (non-hydrogen) atoms. The number of hydrogen-bond donors (Lipinski definition) is 0. The molecule has 0 amide bonds. The van der Waals surface area contributed by atoms with E-state index in [9.17, 15) is 4.79 Å². The van der Waals surface area contributed by atoms with Crippen LogP contribution in [0.3, 0.4) is 0 Å². The quantitative estimate of drug-likeness (QED) is 0.307. The molecule has 0 saturated heterocycles. The number of hydrogen-bond acceptors (Lipinski definition) is 2. The van der Waals surface area contributed by atoms with Gasteiger partial charge in [0, 0.05) is 5.57 Å². The lowest BCUT2D eigenvalue weighted by molar-refractivity contribution is -0.139. The van der Waals surface area contributed by atoms with Gasteiger partial charge in [0.05, 0.1) is 6.61 Å². The van der Waals surface area contributed by atoms with Crippen molar-refractivity contribution >= 4 is 5.97 Å². The SMILES string of the molecule is C=C(C)C(=O)OCCCC1CCCCCC1. The molecule has 0 aliphatic heterocycles. The molecule has 1 aliphatic rings. The van der Waals surface area contributed by atoms with Crippen molar-refractivity contribution in [1.29, 1.82) is 0 Å². The van der Waals surface area contributed by atoms with Gasteiger partial charge in [-0.2, -0.15) is 0 Å². The highest BCUT2D eigenvalue weighted by atomic mass is 16.5. The maximum Gasteiger partial charge on any atom is 0.333 e. The van der Waals surface area contributed by atoms with Crippen LogP contribution in [-0.2, 0) is 9.53 Å². The van der Waals surface area contributed by atoms with Gasteiger partial charge in [0.25, 0.3) is 0 Å². The molecule has 0 spiro atoms. The molecule has 1 fully saturated rings. The molecular formula is C14H24O2. The number of carbonyl (C=O) groups excluding carboxylic acids is 1. The topological polar surface area (TPSA) is 26.3 Å². The third-order valence-electron chi connectivity index (χ3n) is 3.31. The maximum atomic E-state index is 11.1. The zero-order valence-electron chi connectivity index (χ0n) is 10.5. The highest BCUT2D eigenvalue weighted by Gasteiger charge is 2.12. The monoisotopic (exact) mass is 224 g/mol. The van der Waals surface area contributed by atoms with E-state index in [0.717, 1.165) is 12.3 Å². The summed E-state index contributed by atoms with van der Waals surface area (Å²) in [5, 5.41) is 0. The summed E-state index contributed by atoms with van der Waals surface area (Å²) >= 11 is 0. The second-order valence-corrected chi connectivity index (χ2v) is 4.92. The lowest BCUT2D eigenvalue weighted by Gasteiger charge is -2.13. The van der Waals surface area contributed by atoms with Crippen LogP contribution in [0.25, 0.3) is 0 Å². The number of esters is 1. The largest absolute Gasteiger partial charge is 0.462 e. The third-order valence-corrected chi connectivity index (χ3v) is 3.31. The predicted octanol–water partition coefficient (Wildman–Crippen LogP) is 3.86. The molecular weight excluding hydrogens is 200 g/mol. The highest BCUT2D eigenvalue weighted by Crippen LogP contribution is 2.26. The van der Waals surface area contributed by atoms with Crippen molar-refractivity contribution < 1.29 is 9.53 Å². The number of carbonyl (C=O) groups is 1. The van der Waals surface area contributed by atoms with Crippen LogP contribution < -0.4 is 0 Å². The van der Waals surface area contributed by atoms with Crippen LogP contribution in [0.15, 0.2) is 12.2 Å². The lowest BCUT2D eigenvalue weighted by atomic mass is 9.95. The van der Waals surface area contributed by atoms with Crippen molar-refractivity contribution in [2.45, 2.75) is 58.3 Å². The second kappa shape index (κ2) is 7.48.